The number of carboxylic acid groups (broad SMARTS) is 1. The van der Waals surface area contributed by atoms with Crippen LogP contribution in [-0.4, -0.2) is 36.2 Å². The number of carbonyl (C=O) groups excluding carboxylic acids is 1. The summed E-state index contributed by atoms with van der Waals surface area (Å²) in [5, 5.41) is 15.3. The molecule has 0 aliphatic heterocycles. The molecular weight excluding hydrogens is 452 g/mol. The van der Waals surface area contributed by atoms with Gasteiger partial charge >= 0.3 is 5.97 Å². The molecule has 2 aromatic carbocycles. The van der Waals surface area contributed by atoms with Crippen molar-refractivity contribution in [2.75, 3.05) is 19.0 Å². The van der Waals surface area contributed by atoms with E-state index in [0.717, 1.165) is 21.3 Å². The Hall–Kier alpha value is -2.74. The average molecular weight is 479 g/mol. The Bertz CT molecular complexity index is 938. The topological polar surface area (TPSA) is 96.9 Å². The molecule has 0 radical (unpaired) electrons. The van der Waals surface area contributed by atoms with Crippen molar-refractivity contribution in [1.29, 1.82) is 0 Å². The minimum absolute atomic E-state index is 0.126. The summed E-state index contributed by atoms with van der Waals surface area (Å²) in [6, 6.07) is 8.50. The third kappa shape index (κ3) is 6.66. The van der Waals surface area contributed by atoms with Crippen molar-refractivity contribution in [3.63, 3.8) is 0 Å². The largest absolute Gasteiger partial charge is 0.493 e. The Morgan fingerprint density at radius 2 is 1.83 bits per heavy atom. The van der Waals surface area contributed by atoms with Crippen molar-refractivity contribution in [2.24, 2.45) is 0 Å². The van der Waals surface area contributed by atoms with Crippen LogP contribution in [-0.2, 0) is 11.3 Å². The van der Waals surface area contributed by atoms with Crippen LogP contribution in [0.5, 0.6) is 11.5 Å². The number of benzene rings is 2. The standard InChI is InChI=1S/C22H27BrN2O5/c1-13-6-7-14(21(27)28)8-17(13)24-11-15-9-18(29-5)19(10-16(15)23)30-12-20(26)25-22(2,3)4/h6-10,24H,11-12H2,1-5H3,(H,25,26)(H,27,28). The Morgan fingerprint density at radius 3 is 2.43 bits per heavy atom. The first-order chi connectivity index (χ1) is 14.0. The molecule has 0 saturated carbocycles. The number of amides is 1. The lowest BCUT2D eigenvalue weighted by Crippen LogP contribution is -2.43. The minimum Gasteiger partial charge on any atom is -0.493 e. The molecule has 162 valence electrons. The van der Waals surface area contributed by atoms with Gasteiger partial charge in [-0.1, -0.05) is 22.0 Å². The minimum atomic E-state index is -0.974. The van der Waals surface area contributed by atoms with E-state index in [1.807, 2.05) is 33.8 Å². The van der Waals surface area contributed by atoms with E-state index in [0.29, 0.717) is 18.0 Å². The number of carboxylic acids is 1. The fourth-order valence-corrected chi connectivity index (χ4v) is 3.18. The monoisotopic (exact) mass is 478 g/mol. The highest BCUT2D eigenvalue weighted by Gasteiger charge is 2.16. The third-order valence-corrected chi connectivity index (χ3v) is 4.90. The van der Waals surface area contributed by atoms with Gasteiger partial charge in [0, 0.05) is 22.2 Å². The van der Waals surface area contributed by atoms with Crippen molar-refractivity contribution in [1.82, 2.24) is 5.32 Å². The van der Waals surface area contributed by atoms with E-state index in [2.05, 4.69) is 26.6 Å². The Kier molecular flexibility index (Phi) is 7.72. The first-order valence-corrected chi connectivity index (χ1v) is 10.2. The van der Waals surface area contributed by atoms with Gasteiger partial charge in [-0.15, -0.1) is 0 Å². The van der Waals surface area contributed by atoms with Crippen LogP contribution in [0.3, 0.4) is 0 Å². The van der Waals surface area contributed by atoms with Crippen molar-refractivity contribution in [2.45, 2.75) is 39.8 Å². The van der Waals surface area contributed by atoms with Crippen LogP contribution in [0.4, 0.5) is 5.69 Å². The maximum atomic E-state index is 12.0. The first-order valence-electron chi connectivity index (χ1n) is 9.38. The van der Waals surface area contributed by atoms with Gasteiger partial charge in [0.15, 0.2) is 18.1 Å². The van der Waals surface area contributed by atoms with Crippen LogP contribution in [0.25, 0.3) is 0 Å². The van der Waals surface area contributed by atoms with Gasteiger partial charge in [0.2, 0.25) is 0 Å². The van der Waals surface area contributed by atoms with Gasteiger partial charge in [0.1, 0.15) is 0 Å². The highest BCUT2D eigenvalue weighted by atomic mass is 79.9. The molecule has 8 heteroatoms. The van der Waals surface area contributed by atoms with E-state index in [1.54, 1.807) is 24.3 Å². The number of rotatable bonds is 8. The van der Waals surface area contributed by atoms with Gasteiger partial charge in [-0.2, -0.15) is 0 Å². The number of ether oxygens (including phenoxy) is 2. The van der Waals surface area contributed by atoms with E-state index >= 15 is 0 Å². The Labute approximate surface area is 184 Å². The van der Waals surface area contributed by atoms with Crippen molar-refractivity contribution >= 4 is 33.5 Å². The molecule has 0 aliphatic carbocycles. The van der Waals surface area contributed by atoms with Gasteiger partial charge in [0.25, 0.3) is 5.91 Å². The van der Waals surface area contributed by atoms with Crippen LogP contribution >= 0.6 is 15.9 Å². The summed E-state index contributed by atoms with van der Waals surface area (Å²) in [5.74, 6) is -0.256. The van der Waals surface area contributed by atoms with Gasteiger partial charge in [0.05, 0.1) is 12.7 Å². The normalized spacial score (nSPS) is 11.0. The molecule has 0 aromatic heterocycles. The zero-order valence-corrected chi connectivity index (χ0v) is 19.3. The molecule has 0 unspecified atom stereocenters. The zero-order valence-electron chi connectivity index (χ0n) is 17.8. The Morgan fingerprint density at radius 1 is 1.13 bits per heavy atom. The summed E-state index contributed by atoms with van der Waals surface area (Å²) in [6.45, 7) is 7.92. The van der Waals surface area contributed by atoms with E-state index in [4.69, 9.17) is 9.47 Å². The molecule has 0 heterocycles. The number of aromatic carboxylic acids is 1. The van der Waals surface area contributed by atoms with Crippen LogP contribution in [0.15, 0.2) is 34.8 Å². The number of carbonyl (C=O) groups is 2. The first kappa shape index (κ1) is 23.5. The quantitative estimate of drug-likeness (QED) is 0.521. The lowest BCUT2D eigenvalue weighted by Gasteiger charge is -2.21. The molecule has 0 atom stereocenters. The lowest BCUT2D eigenvalue weighted by atomic mass is 10.1. The molecular formula is C22H27BrN2O5. The van der Waals surface area contributed by atoms with E-state index in [-0.39, 0.29) is 23.6 Å². The molecule has 0 spiro atoms. The van der Waals surface area contributed by atoms with Gasteiger partial charge < -0.3 is 25.2 Å². The smallest absolute Gasteiger partial charge is 0.335 e. The van der Waals surface area contributed by atoms with Crippen molar-refractivity contribution in [3.05, 3.63) is 51.5 Å². The average Bonchev–Trinajstić information content (AvgIpc) is 2.65. The Balaban J connectivity index is 2.13. The number of nitrogens with one attached hydrogen (secondary N) is 2. The van der Waals surface area contributed by atoms with Crippen molar-refractivity contribution < 1.29 is 24.2 Å². The summed E-state index contributed by atoms with van der Waals surface area (Å²) in [4.78, 5) is 23.2. The summed E-state index contributed by atoms with van der Waals surface area (Å²) >= 11 is 3.53. The fraction of sp³-hybridized carbons (Fsp3) is 0.364. The molecule has 2 rings (SSSR count). The summed E-state index contributed by atoms with van der Waals surface area (Å²) in [6.07, 6.45) is 0. The number of aryl methyl sites for hydroxylation is 1. The second-order valence-electron chi connectivity index (χ2n) is 7.87. The molecule has 7 nitrogen and oxygen atoms in total. The predicted molar refractivity (Wildman–Crippen MR) is 120 cm³/mol. The molecule has 0 saturated heterocycles. The molecule has 2 aromatic rings. The maximum absolute atomic E-state index is 12.0. The van der Waals surface area contributed by atoms with Crippen LogP contribution in [0.1, 0.15) is 42.3 Å². The lowest BCUT2D eigenvalue weighted by molar-refractivity contribution is -0.124. The second kappa shape index (κ2) is 9.84. The van der Waals surface area contributed by atoms with Gasteiger partial charge in [-0.25, -0.2) is 4.79 Å². The van der Waals surface area contributed by atoms with E-state index in [9.17, 15) is 14.7 Å². The maximum Gasteiger partial charge on any atom is 0.335 e. The molecule has 0 fully saturated rings. The number of anilines is 1. The summed E-state index contributed by atoms with van der Waals surface area (Å²) in [7, 11) is 1.53. The fourth-order valence-electron chi connectivity index (χ4n) is 2.72. The molecule has 3 N–H and O–H groups in total. The third-order valence-electron chi connectivity index (χ3n) is 4.16. The number of hydrogen-bond acceptors (Lipinski definition) is 5. The van der Waals surface area contributed by atoms with Gasteiger partial charge in [-0.05, 0) is 63.1 Å². The molecule has 0 bridgehead atoms. The number of halogens is 1. The number of hydrogen-bond donors (Lipinski definition) is 3. The van der Waals surface area contributed by atoms with Crippen LogP contribution in [0.2, 0.25) is 0 Å². The number of methoxy groups -OCH3 is 1. The van der Waals surface area contributed by atoms with Crippen molar-refractivity contribution in [3.8, 4) is 11.5 Å². The molecule has 0 aliphatic rings. The molecule has 1 amide bonds. The summed E-state index contributed by atoms with van der Waals surface area (Å²) < 4.78 is 11.8. The van der Waals surface area contributed by atoms with E-state index in [1.165, 1.54) is 7.11 Å². The highest BCUT2D eigenvalue weighted by Crippen LogP contribution is 2.34. The van der Waals surface area contributed by atoms with Crippen LogP contribution in [0, 0.1) is 6.92 Å². The van der Waals surface area contributed by atoms with Crippen LogP contribution < -0.4 is 20.1 Å². The van der Waals surface area contributed by atoms with Gasteiger partial charge in [-0.3, -0.25) is 4.79 Å². The summed E-state index contributed by atoms with van der Waals surface area (Å²) in [5.41, 5.74) is 2.44. The molecule has 30 heavy (non-hydrogen) atoms. The SMILES string of the molecule is COc1cc(CNc2cc(C(=O)O)ccc2C)c(Br)cc1OCC(=O)NC(C)(C)C. The predicted octanol–water partition coefficient (Wildman–Crippen LogP) is 4.37. The van der Waals surface area contributed by atoms with E-state index < -0.39 is 5.97 Å². The zero-order chi connectivity index (χ0) is 22.5. The highest BCUT2D eigenvalue weighted by molar-refractivity contribution is 9.10. The second-order valence-corrected chi connectivity index (χ2v) is 8.72.